The summed E-state index contributed by atoms with van der Waals surface area (Å²) in [5.74, 6) is 0. The third-order valence-electron chi connectivity index (χ3n) is 1.20. The topological polar surface area (TPSA) is 3.24 Å². The first kappa shape index (κ1) is 5.42. The summed E-state index contributed by atoms with van der Waals surface area (Å²) in [7, 11) is 2.08. The smallest absolute Gasteiger partial charge is 0.0354 e. The van der Waals surface area contributed by atoms with Crippen LogP contribution in [0.15, 0.2) is 23.9 Å². The minimum absolute atomic E-state index is 1.05. The van der Waals surface area contributed by atoms with E-state index in [1.807, 2.05) is 0 Å². The molecule has 1 heteroatoms. The van der Waals surface area contributed by atoms with Crippen molar-refractivity contribution < 1.29 is 0 Å². The molecular formula is C7H11N. The van der Waals surface area contributed by atoms with Crippen LogP contribution in [0.2, 0.25) is 0 Å². The highest BCUT2D eigenvalue weighted by Gasteiger charge is 1.92. The van der Waals surface area contributed by atoms with Gasteiger partial charge in [0.2, 0.25) is 0 Å². The van der Waals surface area contributed by atoms with Gasteiger partial charge in [-0.05, 0) is 12.5 Å². The molecule has 1 aliphatic rings. The highest BCUT2D eigenvalue weighted by atomic mass is 15.1. The first-order chi connectivity index (χ1) is 3.79. The monoisotopic (exact) mass is 109 g/mol. The molecule has 0 radical (unpaired) electrons. The number of allylic oxidation sites excluding steroid dienone is 2. The lowest BCUT2D eigenvalue weighted by Crippen LogP contribution is -2.12. The van der Waals surface area contributed by atoms with E-state index in [0.717, 1.165) is 6.54 Å². The maximum Gasteiger partial charge on any atom is 0.0354 e. The van der Waals surface area contributed by atoms with Crippen molar-refractivity contribution in [3.05, 3.63) is 23.9 Å². The summed E-state index contributed by atoms with van der Waals surface area (Å²) < 4.78 is 0. The standard InChI is InChI=1S/C7H11N/c1-7-4-3-5-8(2)6-7/h3-4,6H,5H2,1-2H3. The van der Waals surface area contributed by atoms with Crippen molar-refractivity contribution >= 4 is 0 Å². The van der Waals surface area contributed by atoms with Gasteiger partial charge < -0.3 is 4.90 Å². The van der Waals surface area contributed by atoms with E-state index >= 15 is 0 Å². The van der Waals surface area contributed by atoms with Crippen LogP contribution in [0.3, 0.4) is 0 Å². The molecule has 0 N–H and O–H groups in total. The molecule has 0 spiro atoms. The molecule has 0 aromatic heterocycles. The molecule has 0 aromatic rings. The summed E-state index contributed by atoms with van der Waals surface area (Å²) in [5.41, 5.74) is 1.33. The van der Waals surface area contributed by atoms with Crippen molar-refractivity contribution in [1.82, 2.24) is 4.90 Å². The van der Waals surface area contributed by atoms with Crippen LogP contribution in [-0.4, -0.2) is 18.5 Å². The molecule has 1 heterocycles. The summed E-state index contributed by atoms with van der Waals surface area (Å²) in [6, 6.07) is 0. The van der Waals surface area contributed by atoms with Crippen LogP contribution in [0.1, 0.15) is 6.92 Å². The summed E-state index contributed by atoms with van der Waals surface area (Å²) in [6.45, 7) is 3.16. The third kappa shape index (κ3) is 1.12. The average Bonchev–Trinajstić information content (AvgIpc) is 1.64. The van der Waals surface area contributed by atoms with E-state index in [9.17, 15) is 0 Å². The van der Waals surface area contributed by atoms with Gasteiger partial charge in [0.25, 0.3) is 0 Å². The summed E-state index contributed by atoms with van der Waals surface area (Å²) >= 11 is 0. The quantitative estimate of drug-likeness (QED) is 0.454. The first-order valence-electron chi connectivity index (χ1n) is 2.84. The molecule has 0 aromatic carbocycles. The molecule has 0 aliphatic carbocycles. The third-order valence-corrected chi connectivity index (χ3v) is 1.20. The number of hydrogen-bond donors (Lipinski definition) is 0. The van der Waals surface area contributed by atoms with E-state index < -0.39 is 0 Å². The lowest BCUT2D eigenvalue weighted by molar-refractivity contribution is 0.500. The molecule has 8 heavy (non-hydrogen) atoms. The lowest BCUT2D eigenvalue weighted by Gasteiger charge is -2.15. The molecule has 0 amide bonds. The van der Waals surface area contributed by atoms with Gasteiger partial charge in [-0.1, -0.05) is 12.2 Å². The fourth-order valence-corrected chi connectivity index (χ4v) is 0.848. The molecule has 0 saturated heterocycles. The second-order valence-electron chi connectivity index (χ2n) is 2.22. The summed E-state index contributed by atoms with van der Waals surface area (Å²) in [4.78, 5) is 2.16. The molecule has 1 nitrogen and oxygen atoms in total. The minimum Gasteiger partial charge on any atom is -0.376 e. The molecule has 0 saturated carbocycles. The van der Waals surface area contributed by atoms with E-state index in [1.165, 1.54) is 5.57 Å². The Morgan fingerprint density at radius 1 is 1.62 bits per heavy atom. The van der Waals surface area contributed by atoms with E-state index in [4.69, 9.17) is 0 Å². The number of likely N-dealkylation sites (N-methyl/N-ethyl adjacent to an activating group) is 1. The highest BCUT2D eigenvalue weighted by molar-refractivity contribution is 5.19. The SMILES string of the molecule is CC1=CN(C)CC=C1. The van der Waals surface area contributed by atoms with Gasteiger partial charge in [-0.15, -0.1) is 0 Å². The zero-order chi connectivity index (χ0) is 5.98. The molecule has 1 aliphatic heterocycles. The Labute approximate surface area is 50.3 Å². The Balaban J connectivity index is 2.63. The fourth-order valence-electron chi connectivity index (χ4n) is 0.848. The van der Waals surface area contributed by atoms with Crippen LogP contribution in [0, 0.1) is 0 Å². The van der Waals surface area contributed by atoms with Crippen molar-refractivity contribution in [2.24, 2.45) is 0 Å². The molecule has 1 rings (SSSR count). The minimum atomic E-state index is 1.05. The fraction of sp³-hybridized carbons (Fsp3) is 0.429. The lowest BCUT2D eigenvalue weighted by atomic mass is 10.2. The molecule has 44 valence electrons. The van der Waals surface area contributed by atoms with Gasteiger partial charge in [-0.3, -0.25) is 0 Å². The first-order valence-corrected chi connectivity index (χ1v) is 2.84. The van der Waals surface area contributed by atoms with Gasteiger partial charge in [-0.2, -0.15) is 0 Å². The van der Waals surface area contributed by atoms with Gasteiger partial charge in [0, 0.05) is 19.8 Å². The second kappa shape index (κ2) is 2.03. The Morgan fingerprint density at radius 2 is 2.38 bits per heavy atom. The highest BCUT2D eigenvalue weighted by Crippen LogP contribution is 2.02. The van der Waals surface area contributed by atoms with E-state index in [0.29, 0.717) is 0 Å². The molecular weight excluding hydrogens is 98.1 g/mol. The van der Waals surface area contributed by atoms with Crippen LogP contribution < -0.4 is 0 Å². The van der Waals surface area contributed by atoms with Crippen LogP contribution in [0.5, 0.6) is 0 Å². The van der Waals surface area contributed by atoms with Crippen molar-refractivity contribution in [2.45, 2.75) is 6.92 Å². The van der Waals surface area contributed by atoms with Gasteiger partial charge in [0.05, 0.1) is 0 Å². The Bertz CT molecular complexity index is 133. The van der Waals surface area contributed by atoms with Crippen LogP contribution in [-0.2, 0) is 0 Å². The van der Waals surface area contributed by atoms with Crippen molar-refractivity contribution in [3.8, 4) is 0 Å². The Hall–Kier alpha value is -0.720. The summed E-state index contributed by atoms with van der Waals surface area (Å²) in [5, 5.41) is 0. The molecule has 0 bridgehead atoms. The Morgan fingerprint density at radius 3 is 2.75 bits per heavy atom. The maximum absolute atomic E-state index is 2.16. The normalized spacial score (nSPS) is 18.8. The van der Waals surface area contributed by atoms with Crippen LogP contribution in [0.4, 0.5) is 0 Å². The number of nitrogens with zero attached hydrogens (tertiary/aromatic N) is 1. The van der Waals surface area contributed by atoms with E-state index in [1.54, 1.807) is 0 Å². The van der Waals surface area contributed by atoms with Gasteiger partial charge in [-0.25, -0.2) is 0 Å². The van der Waals surface area contributed by atoms with E-state index in [-0.39, 0.29) is 0 Å². The van der Waals surface area contributed by atoms with Crippen LogP contribution >= 0.6 is 0 Å². The van der Waals surface area contributed by atoms with E-state index in [2.05, 4.69) is 37.2 Å². The zero-order valence-electron chi connectivity index (χ0n) is 5.39. The average molecular weight is 109 g/mol. The van der Waals surface area contributed by atoms with Crippen molar-refractivity contribution in [2.75, 3.05) is 13.6 Å². The zero-order valence-corrected chi connectivity index (χ0v) is 5.39. The van der Waals surface area contributed by atoms with Crippen molar-refractivity contribution in [1.29, 1.82) is 0 Å². The molecule has 0 fully saturated rings. The predicted octanol–water partition coefficient (Wildman–Crippen LogP) is 1.39. The largest absolute Gasteiger partial charge is 0.376 e. The van der Waals surface area contributed by atoms with Gasteiger partial charge >= 0.3 is 0 Å². The maximum atomic E-state index is 2.16. The molecule has 0 atom stereocenters. The van der Waals surface area contributed by atoms with Gasteiger partial charge in [0.15, 0.2) is 0 Å². The number of hydrogen-bond acceptors (Lipinski definition) is 1. The summed E-state index contributed by atoms with van der Waals surface area (Å²) in [6.07, 6.45) is 6.44. The number of rotatable bonds is 0. The molecule has 0 unspecified atom stereocenters. The Kier molecular flexibility index (Phi) is 1.38. The van der Waals surface area contributed by atoms with Gasteiger partial charge in [0.1, 0.15) is 0 Å². The van der Waals surface area contributed by atoms with Crippen molar-refractivity contribution in [3.63, 3.8) is 0 Å². The van der Waals surface area contributed by atoms with Crippen LogP contribution in [0.25, 0.3) is 0 Å². The predicted molar refractivity (Wildman–Crippen MR) is 35.5 cm³/mol. The second-order valence-corrected chi connectivity index (χ2v) is 2.22.